The molecule has 1 aliphatic heterocycles. The van der Waals surface area contributed by atoms with Crippen molar-refractivity contribution in [1.82, 2.24) is 10.3 Å². The van der Waals surface area contributed by atoms with Gasteiger partial charge in [-0.25, -0.2) is 4.98 Å². The zero-order valence-electron chi connectivity index (χ0n) is 10.2. The summed E-state index contributed by atoms with van der Waals surface area (Å²) in [6.45, 7) is 2.51. The van der Waals surface area contributed by atoms with Crippen molar-refractivity contribution in [1.29, 1.82) is 0 Å². The Kier molecular flexibility index (Phi) is 3.66. The van der Waals surface area contributed by atoms with E-state index in [4.69, 9.17) is 11.6 Å². The summed E-state index contributed by atoms with van der Waals surface area (Å²) in [5.41, 5.74) is 2.18. The number of rotatable bonds is 4. The van der Waals surface area contributed by atoms with Gasteiger partial charge in [0.05, 0.1) is 13.1 Å². The average molecular weight is 293 g/mol. The van der Waals surface area contributed by atoms with Crippen LogP contribution in [0.15, 0.2) is 35.5 Å². The molecule has 0 fully saturated rings. The monoisotopic (exact) mass is 292 g/mol. The fraction of sp³-hybridized carbons (Fsp3) is 0.231. The molecule has 1 aliphatic rings. The second-order valence-electron chi connectivity index (χ2n) is 4.17. The molecule has 0 spiro atoms. The SMILES string of the molecule is Clc1ncc(CNc2cccc(C3=NCCN3)c2)s1. The Labute approximate surface area is 120 Å². The van der Waals surface area contributed by atoms with Crippen molar-refractivity contribution in [3.05, 3.63) is 45.4 Å². The van der Waals surface area contributed by atoms with Gasteiger partial charge in [-0.15, -0.1) is 11.3 Å². The third-order valence-electron chi connectivity index (χ3n) is 2.80. The Hall–Kier alpha value is -1.59. The molecule has 1 aromatic carbocycles. The summed E-state index contributed by atoms with van der Waals surface area (Å²) in [6.07, 6.45) is 1.80. The van der Waals surface area contributed by atoms with Gasteiger partial charge in [0.2, 0.25) is 0 Å². The minimum absolute atomic E-state index is 0.579. The molecule has 19 heavy (non-hydrogen) atoms. The minimum atomic E-state index is 0.579. The lowest BCUT2D eigenvalue weighted by Gasteiger charge is -2.07. The second kappa shape index (κ2) is 5.59. The van der Waals surface area contributed by atoms with Gasteiger partial charge in [-0.1, -0.05) is 23.7 Å². The molecule has 0 saturated carbocycles. The lowest BCUT2D eigenvalue weighted by atomic mass is 10.2. The molecule has 4 nitrogen and oxygen atoms in total. The number of hydrogen-bond acceptors (Lipinski definition) is 5. The van der Waals surface area contributed by atoms with Crippen molar-refractivity contribution in [3.63, 3.8) is 0 Å². The van der Waals surface area contributed by atoms with E-state index >= 15 is 0 Å². The average Bonchev–Trinajstić information content (AvgIpc) is 3.08. The van der Waals surface area contributed by atoms with E-state index in [0.29, 0.717) is 4.47 Å². The van der Waals surface area contributed by atoms with Crippen LogP contribution in [0.25, 0.3) is 0 Å². The van der Waals surface area contributed by atoms with E-state index < -0.39 is 0 Å². The molecule has 2 N–H and O–H groups in total. The highest BCUT2D eigenvalue weighted by atomic mass is 35.5. The molecule has 0 aliphatic carbocycles. The number of aromatic nitrogens is 1. The summed E-state index contributed by atoms with van der Waals surface area (Å²) >= 11 is 7.30. The van der Waals surface area contributed by atoms with Gasteiger partial charge in [0, 0.05) is 28.9 Å². The number of nitrogens with one attached hydrogen (secondary N) is 2. The number of halogens is 1. The quantitative estimate of drug-likeness (QED) is 0.911. The largest absolute Gasteiger partial charge is 0.380 e. The van der Waals surface area contributed by atoms with Crippen LogP contribution in [0.1, 0.15) is 10.4 Å². The predicted octanol–water partition coefficient (Wildman–Crippen LogP) is 2.76. The summed E-state index contributed by atoms with van der Waals surface area (Å²) < 4.78 is 0.579. The number of nitrogens with zero attached hydrogens (tertiary/aromatic N) is 2. The molecule has 2 aromatic rings. The van der Waals surface area contributed by atoms with Crippen LogP contribution in [0.3, 0.4) is 0 Å². The van der Waals surface area contributed by atoms with Crippen LogP contribution in [0.2, 0.25) is 4.47 Å². The van der Waals surface area contributed by atoms with Crippen molar-refractivity contribution < 1.29 is 0 Å². The van der Waals surface area contributed by atoms with Gasteiger partial charge in [-0.05, 0) is 12.1 Å². The van der Waals surface area contributed by atoms with E-state index in [-0.39, 0.29) is 0 Å². The number of aliphatic imine (C=N–C) groups is 1. The molecule has 0 bridgehead atoms. The van der Waals surface area contributed by atoms with Crippen LogP contribution in [0.4, 0.5) is 5.69 Å². The highest BCUT2D eigenvalue weighted by Gasteiger charge is 2.08. The Morgan fingerprint density at radius 1 is 1.42 bits per heavy atom. The van der Waals surface area contributed by atoms with Crippen molar-refractivity contribution in [2.24, 2.45) is 4.99 Å². The standard InChI is InChI=1S/C13H13ClN4S/c14-13-18-8-11(19-13)7-17-10-3-1-2-9(6-10)12-15-4-5-16-12/h1-3,6,8,17H,4-5,7H2,(H,15,16). The number of amidine groups is 1. The molecule has 98 valence electrons. The molecule has 0 unspecified atom stereocenters. The molecular formula is C13H13ClN4S. The van der Waals surface area contributed by atoms with Gasteiger partial charge in [0.25, 0.3) is 0 Å². The van der Waals surface area contributed by atoms with Gasteiger partial charge in [0.15, 0.2) is 4.47 Å². The Balaban J connectivity index is 1.69. The van der Waals surface area contributed by atoms with Gasteiger partial charge in [-0.3, -0.25) is 4.99 Å². The molecule has 0 amide bonds. The summed E-state index contributed by atoms with van der Waals surface area (Å²) in [6, 6.07) is 8.23. The van der Waals surface area contributed by atoms with E-state index in [1.54, 1.807) is 6.20 Å². The van der Waals surface area contributed by atoms with Crippen LogP contribution >= 0.6 is 22.9 Å². The van der Waals surface area contributed by atoms with Gasteiger partial charge >= 0.3 is 0 Å². The zero-order valence-corrected chi connectivity index (χ0v) is 11.8. The highest BCUT2D eigenvalue weighted by molar-refractivity contribution is 7.15. The summed E-state index contributed by atoms with van der Waals surface area (Å²) in [7, 11) is 0. The maximum atomic E-state index is 5.81. The normalized spacial score (nSPS) is 14.1. The Bertz CT molecular complexity index is 608. The van der Waals surface area contributed by atoms with Crippen LogP contribution in [-0.4, -0.2) is 23.9 Å². The summed E-state index contributed by atoms with van der Waals surface area (Å²) in [4.78, 5) is 9.56. The molecule has 0 atom stereocenters. The maximum Gasteiger partial charge on any atom is 0.183 e. The number of hydrogen-bond donors (Lipinski definition) is 2. The topological polar surface area (TPSA) is 49.3 Å². The van der Waals surface area contributed by atoms with E-state index in [9.17, 15) is 0 Å². The smallest absolute Gasteiger partial charge is 0.183 e. The molecule has 0 radical (unpaired) electrons. The lowest BCUT2D eigenvalue weighted by Crippen LogP contribution is -2.19. The van der Waals surface area contributed by atoms with Crippen LogP contribution in [-0.2, 0) is 6.54 Å². The number of anilines is 1. The van der Waals surface area contributed by atoms with Crippen LogP contribution in [0.5, 0.6) is 0 Å². The van der Waals surface area contributed by atoms with Crippen molar-refractivity contribution >= 4 is 34.5 Å². The molecule has 6 heteroatoms. The first-order valence-corrected chi connectivity index (χ1v) is 7.23. The van der Waals surface area contributed by atoms with E-state index in [2.05, 4.69) is 32.7 Å². The van der Waals surface area contributed by atoms with Crippen molar-refractivity contribution in [2.45, 2.75) is 6.54 Å². The molecule has 0 saturated heterocycles. The van der Waals surface area contributed by atoms with Gasteiger partial charge in [-0.2, -0.15) is 0 Å². The van der Waals surface area contributed by atoms with Gasteiger partial charge < -0.3 is 10.6 Å². The van der Waals surface area contributed by atoms with E-state index in [1.807, 2.05) is 12.1 Å². The molecular weight excluding hydrogens is 280 g/mol. The van der Waals surface area contributed by atoms with Gasteiger partial charge in [0.1, 0.15) is 5.84 Å². The summed E-state index contributed by atoms with van der Waals surface area (Å²) in [5.74, 6) is 0.976. The van der Waals surface area contributed by atoms with E-state index in [0.717, 1.165) is 41.6 Å². The Morgan fingerprint density at radius 2 is 2.37 bits per heavy atom. The zero-order chi connectivity index (χ0) is 13.1. The predicted molar refractivity (Wildman–Crippen MR) is 80.3 cm³/mol. The maximum absolute atomic E-state index is 5.81. The summed E-state index contributed by atoms with van der Waals surface area (Å²) in [5, 5.41) is 6.64. The lowest BCUT2D eigenvalue weighted by molar-refractivity contribution is 0.960. The van der Waals surface area contributed by atoms with Crippen molar-refractivity contribution in [2.75, 3.05) is 18.4 Å². The fourth-order valence-corrected chi connectivity index (χ4v) is 2.84. The first-order valence-electron chi connectivity index (χ1n) is 6.04. The second-order valence-corrected chi connectivity index (χ2v) is 5.87. The van der Waals surface area contributed by atoms with Crippen LogP contribution in [0, 0.1) is 0 Å². The number of benzene rings is 1. The first-order chi connectivity index (χ1) is 9.31. The minimum Gasteiger partial charge on any atom is -0.380 e. The molecule has 2 heterocycles. The van der Waals surface area contributed by atoms with Crippen molar-refractivity contribution in [3.8, 4) is 0 Å². The van der Waals surface area contributed by atoms with Crippen LogP contribution < -0.4 is 10.6 Å². The third kappa shape index (κ3) is 3.05. The molecule has 3 rings (SSSR count). The number of thiazole rings is 1. The Morgan fingerprint density at radius 3 is 3.11 bits per heavy atom. The third-order valence-corrected chi connectivity index (χ3v) is 3.92. The first kappa shape index (κ1) is 12.4. The molecule has 1 aromatic heterocycles. The fourth-order valence-electron chi connectivity index (χ4n) is 1.92. The van der Waals surface area contributed by atoms with E-state index in [1.165, 1.54) is 11.3 Å². The highest BCUT2D eigenvalue weighted by Crippen LogP contribution is 2.19.